The fourth-order valence-electron chi connectivity index (χ4n) is 1.04. The lowest BCUT2D eigenvalue weighted by molar-refractivity contribution is 0.419. The van der Waals surface area contributed by atoms with Crippen LogP contribution in [0, 0.1) is 11.8 Å². The van der Waals surface area contributed by atoms with E-state index in [1.807, 2.05) is 11.9 Å². The fourth-order valence-corrected chi connectivity index (χ4v) is 1.04. The summed E-state index contributed by atoms with van der Waals surface area (Å²) in [5, 5.41) is 0. The Morgan fingerprint density at radius 3 is 2.15 bits per heavy atom. The third-order valence-corrected chi connectivity index (χ3v) is 1.65. The van der Waals surface area contributed by atoms with Crippen LogP contribution in [-0.4, -0.2) is 31.0 Å². The topological polar surface area (TPSA) is 41.6 Å². The lowest BCUT2D eigenvalue weighted by atomic mass is 10.2. The van der Waals surface area contributed by atoms with Gasteiger partial charge in [0.1, 0.15) is 0 Å². The first kappa shape index (κ1) is 12.3. The Hall–Kier alpha value is -0.730. The zero-order valence-electron chi connectivity index (χ0n) is 9.54. The Labute approximate surface area is 82.0 Å². The summed E-state index contributed by atoms with van der Waals surface area (Å²) in [5.41, 5.74) is 5.79. The Kier molecular flexibility index (Phi) is 5.51. The predicted molar refractivity (Wildman–Crippen MR) is 58.8 cm³/mol. The molecule has 13 heavy (non-hydrogen) atoms. The first-order valence-corrected chi connectivity index (χ1v) is 4.94. The van der Waals surface area contributed by atoms with Gasteiger partial charge < -0.3 is 10.6 Å². The third kappa shape index (κ3) is 6.43. The van der Waals surface area contributed by atoms with Gasteiger partial charge in [-0.1, -0.05) is 27.7 Å². The molecule has 0 amide bonds. The van der Waals surface area contributed by atoms with Gasteiger partial charge in [-0.05, 0) is 11.8 Å². The van der Waals surface area contributed by atoms with Crippen LogP contribution in [0.1, 0.15) is 27.7 Å². The maximum Gasteiger partial charge on any atom is 0.191 e. The summed E-state index contributed by atoms with van der Waals surface area (Å²) in [6, 6.07) is 0. The van der Waals surface area contributed by atoms with E-state index >= 15 is 0 Å². The van der Waals surface area contributed by atoms with Crippen molar-refractivity contribution in [1.29, 1.82) is 0 Å². The van der Waals surface area contributed by atoms with Crippen LogP contribution in [0.3, 0.4) is 0 Å². The van der Waals surface area contributed by atoms with E-state index in [0.717, 1.165) is 13.1 Å². The van der Waals surface area contributed by atoms with Crippen molar-refractivity contribution < 1.29 is 0 Å². The van der Waals surface area contributed by atoms with Gasteiger partial charge in [-0.2, -0.15) is 0 Å². The lowest BCUT2D eigenvalue weighted by Crippen LogP contribution is -2.36. The summed E-state index contributed by atoms with van der Waals surface area (Å²) in [6.07, 6.45) is 0. The van der Waals surface area contributed by atoms with Crippen LogP contribution in [0.15, 0.2) is 4.99 Å². The fraction of sp³-hybridized carbons (Fsp3) is 0.900. The summed E-state index contributed by atoms with van der Waals surface area (Å²) in [5.74, 6) is 1.85. The number of nitrogens with zero attached hydrogens (tertiary/aromatic N) is 2. The molecule has 0 radical (unpaired) electrons. The molecular formula is C10H23N3. The molecule has 2 N–H and O–H groups in total. The second-order valence-corrected chi connectivity index (χ2v) is 4.37. The van der Waals surface area contributed by atoms with Gasteiger partial charge in [-0.25, -0.2) is 0 Å². The van der Waals surface area contributed by atoms with Crippen LogP contribution in [-0.2, 0) is 0 Å². The van der Waals surface area contributed by atoms with Crippen LogP contribution in [0.4, 0.5) is 0 Å². The van der Waals surface area contributed by atoms with Gasteiger partial charge in [0.2, 0.25) is 0 Å². The van der Waals surface area contributed by atoms with E-state index in [4.69, 9.17) is 5.73 Å². The molecule has 0 aromatic heterocycles. The van der Waals surface area contributed by atoms with E-state index in [0.29, 0.717) is 17.8 Å². The lowest BCUT2D eigenvalue weighted by Gasteiger charge is -2.20. The van der Waals surface area contributed by atoms with Gasteiger partial charge in [-0.3, -0.25) is 4.99 Å². The molecule has 0 bridgehead atoms. The van der Waals surface area contributed by atoms with E-state index in [1.54, 1.807) is 0 Å². The molecule has 0 heterocycles. The van der Waals surface area contributed by atoms with Gasteiger partial charge in [0, 0.05) is 20.1 Å². The van der Waals surface area contributed by atoms with Crippen molar-refractivity contribution in [3.8, 4) is 0 Å². The standard InChI is InChI=1S/C10H23N3/c1-8(2)6-12-10(11)13(5)7-9(3)4/h8-9H,6-7H2,1-5H3,(H2,11,12). The molecule has 0 aliphatic heterocycles. The Morgan fingerprint density at radius 2 is 1.77 bits per heavy atom. The maximum absolute atomic E-state index is 5.79. The number of rotatable bonds is 4. The molecule has 0 aliphatic carbocycles. The van der Waals surface area contributed by atoms with Crippen molar-refractivity contribution in [2.75, 3.05) is 20.1 Å². The molecule has 0 aliphatic rings. The van der Waals surface area contributed by atoms with Gasteiger partial charge in [-0.15, -0.1) is 0 Å². The molecule has 0 saturated carbocycles. The van der Waals surface area contributed by atoms with Crippen LogP contribution >= 0.6 is 0 Å². The van der Waals surface area contributed by atoms with Crippen LogP contribution < -0.4 is 5.73 Å². The first-order valence-electron chi connectivity index (χ1n) is 4.94. The molecule has 78 valence electrons. The zero-order chi connectivity index (χ0) is 10.4. The number of guanidine groups is 1. The maximum atomic E-state index is 5.79. The summed E-state index contributed by atoms with van der Waals surface area (Å²) >= 11 is 0. The highest BCUT2D eigenvalue weighted by molar-refractivity contribution is 5.77. The number of hydrogen-bond donors (Lipinski definition) is 1. The molecular weight excluding hydrogens is 162 g/mol. The SMILES string of the molecule is CC(C)CN=C(N)N(C)CC(C)C. The highest BCUT2D eigenvalue weighted by Crippen LogP contribution is 1.97. The molecule has 0 fully saturated rings. The molecule has 0 atom stereocenters. The molecule has 0 saturated heterocycles. The number of aliphatic imine (C=N–C) groups is 1. The Bertz CT molecular complexity index is 162. The summed E-state index contributed by atoms with van der Waals surface area (Å²) in [6.45, 7) is 10.4. The molecule has 0 aromatic carbocycles. The minimum absolute atomic E-state index is 0.575. The summed E-state index contributed by atoms with van der Waals surface area (Å²) in [7, 11) is 1.99. The van der Waals surface area contributed by atoms with Gasteiger partial charge in [0.15, 0.2) is 5.96 Å². The Morgan fingerprint density at radius 1 is 1.23 bits per heavy atom. The molecule has 3 nitrogen and oxygen atoms in total. The van der Waals surface area contributed by atoms with Crippen LogP contribution in [0.5, 0.6) is 0 Å². The Balaban J connectivity index is 3.93. The highest BCUT2D eigenvalue weighted by atomic mass is 15.2. The molecule has 0 unspecified atom stereocenters. The van der Waals surface area contributed by atoms with Crippen molar-refractivity contribution in [3.63, 3.8) is 0 Å². The van der Waals surface area contributed by atoms with E-state index < -0.39 is 0 Å². The summed E-state index contributed by atoms with van der Waals surface area (Å²) in [4.78, 5) is 6.30. The van der Waals surface area contributed by atoms with E-state index in [1.165, 1.54) is 0 Å². The highest BCUT2D eigenvalue weighted by Gasteiger charge is 2.03. The van der Waals surface area contributed by atoms with Crippen molar-refractivity contribution >= 4 is 5.96 Å². The van der Waals surface area contributed by atoms with Crippen molar-refractivity contribution in [3.05, 3.63) is 0 Å². The summed E-state index contributed by atoms with van der Waals surface area (Å²) < 4.78 is 0. The predicted octanol–water partition coefficient (Wildman–Crippen LogP) is 1.54. The van der Waals surface area contributed by atoms with E-state index in [2.05, 4.69) is 32.7 Å². The average Bonchev–Trinajstić information content (AvgIpc) is 1.98. The average molecular weight is 185 g/mol. The number of hydrogen-bond acceptors (Lipinski definition) is 1. The monoisotopic (exact) mass is 185 g/mol. The molecule has 0 aromatic rings. The van der Waals surface area contributed by atoms with Crippen molar-refractivity contribution in [2.24, 2.45) is 22.6 Å². The molecule has 3 heteroatoms. The smallest absolute Gasteiger partial charge is 0.191 e. The minimum Gasteiger partial charge on any atom is -0.370 e. The van der Waals surface area contributed by atoms with Crippen molar-refractivity contribution in [2.45, 2.75) is 27.7 Å². The minimum atomic E-state index is 0.575. The van der Waals surface area contributed by atoms with Crippen LogP contribution in [0.25, 0.3) is 0 Å². The second kappa shape index (κ2) is 5.84. The van der Waals surface area contributed by atoms with Crippen LogP contribution in [0.2, 0.25) is 0 Å². The quantitative estimate of drug-likeness (QED) is 0.533. The van der Waals surface area contributed by atoms with Gasteiger partial charge in [0.05, 0.1) is 0 Å². The third-order valence-electron chi connectivity index (χ3n) is 1.65. The normalized spacial score (nSPS) is 12.7. The second-order valence-electron chi connectivity index (χ2n) is 4.37. The van der Waals surface area contributed by atoms with Crippen molar-refractivity contribution in [1.82, 2.24) is 4.90 Å². The van der Waals surface area contributed by atoms with E-state index in [9.17, 15) is 0 Å². The van der Waals surface area contributed by atoms with Gasteiger partial charge in [0.25, 0.3) is 0 Å². The molecule has 0 rings (SSSR count). The zero-order valence-corrected chi connectivity index (χ0v) is 9.54. The largest absolute Gasteiger partial charge is 0.370 e. The molecule has 0 spiro atoms. The first-order chi connectivity index (χ1) is 5.93. The number of nitrogens with two attached hydrogens (primary N) is 1. The van der Waals surface area contributed by atoms with Gasteiger partial charge >= 0.3 is 0 Å². The van der Waals surface area contributed by atoms with E-state index in [-0.39, 0.29) is 0 Å².